The lowest BCUT2D eigenvalue weighted by Crippen LogP contribution is -2.35. The zero-order valence-corrected chi connectivity index (χ0v) is 8.18. The molecule has 12 heavy (non-hydrogen) atoms. The van der Waals surface area contributed by atoms with Gasteiger partial charge in [-0.3, -0.25) is 9.59 Å². The van der Waals surface area contributed by atoms with Crippen LogP contribution in [0, 0.1) is 0 Å². The first kappa shape index (κ1) is 11.2. The molecule has 1 amide bonds. The predicted molar refractivity (Wildman–Crippen MR) is 47.9 cm³/mol. The minimum atomic E-state index is -1.09. The number of ketones is 1. The molecule has 1 atom stereocenters. The molecule has 68 valence electrons. The van der Waals surface area contributed by atoms with Crippen LogP contribution < -0.4 is 0 Å². The van der Waals surface area contributed by atoms with Gasteiger partial charge in [-0.1, -0.05) is 6.58 Å². The fourth-order valence-corrected chi connectivity index (χ4v) is 0.678. The quantitative estimate of drug-likeness (QED) is 0.494. The van der Waals surface area contributed by atoms with Gasteiger partial charge in [0.2, 0.25) is 0 Å². The molecular weight excluding hydrogens is 178 g/mol. The molecule has 4 heteroatoms. The number of carbonyl (C=O) groups excluding carboxylic acids is 2. The van der Waals surface area contributed by atoms with Crippen LogP contribution in [0.15, 0.2) is 12.3 Å². The van der Waals surface area contributed by atoms with Crippen molar-refractivity contribution in [3.05, 3.63) is 12.3 Å². The first-order chi connectivity index (χ1) is 5.37. The highest BCUT2D eigenvalue weighted by molar-refractivity contribution is 6.41. The van der Waals surface area contributed by atoms with Gasteiger partial charge >= 0.3 is 0 Å². The summed E-state index contributed by atoms with van der Waals surface area (Å²) in [7, 11) is 1.53. The second-order valence-electron chi connectivity index (χ2n) is 2.61. The normalized spacial score (nSPS) is 12.0. The summed E-state index contributed by atoms with van der Waals surface area (Å²) in [5.41, 5.74) is 0.562. The maximum absolute atomic E-state index is 11.2. The van der Waals surface area contributed by atoms with E-state index in [2.05, 4.69) is 6.58 Å². The zero-order chi connectivity index (χ0) is 9.89. The van der Waals surface area contributed by atoms with E-state index in [0.29, 0.717) is 5.70 Å². The van der Waals surface area contributed by atoms with Gasteiger partial charge in [0.05, 0.1) is 0 Å². The van der Waals surface area contributed by atoms with Gasteiger partial charge in [-0.05, 0) is 13.8 Å². The molecule has 1 unspecified atom stereocenters. The monoisotopic (exact) mass is 189 g/mol. The first-order valence-corrected chi connectivity index (χ1v) is 3.89. The number of hydrogen-bond donors (Lipinski definition) is 0. The average molecular weight is 190 g/mol. The van der Waals surface area contributed by atoms with Gasteiger partial charge in [-0.25, -0.2) is 0 Å². The van der Waals surface area contributed by atoms with E-state index >= 15 is 0 Å². The van der Waals surface area contributed by atoms with Crippen molar-refractivity contribution in [2.75, 3.05) is 7.05 Å². The fourth-order valence-electron chi connectivity index (χ4n) is 0.532. The van der Waals surface area contributed by atoms with Gasteiger partial charge in [0.1, 0.15) is 0 Å². The van der Waals surface area contributed by atoms with Crippen LogP contribution in [0.4, 0.5) is 0 Å². The fraction of sp³-hybridized carbons (Fsp3) is 0.500. The van der Waals surface area contributed by atoms with Gasteiger partial charge in [-0.2, -0.15) is 0 Å². The third kappa shape index (κ3) is 2.66. The number of allylic oxidation sites excluding steroid dienone is 1. The minimum absolute atomic E-state index is 0.352. The Morgan fingerprint density at radius 1 is 1.42 bits per heavy atom. The van der Waals surface area contributed by atoms with Crippen molar-refractivity contribution in [2.24, 2.45) is 0 Å². The van der Waals surface area contributed by atoms with E-state index in [1.54, 1.807) is 6.92 Å². The van der Waals surface area contributed by atoms with Crippen molar-refractivity contribution in [2.45, 2.75) is 19.2 Å². The number of rotatable bonds is 3. The lowest BCUT2D eigenvalue weighted by Gasteiger charge is -2.18. The molecule has 3 nitrogen and oxygen atoms in total. The average Bonchev–Trinajstić information content (AvgIpc) is 2.00. The maximum atomic E-state index is 11.2. The number of halogens is 1. The number of hydrogen-bond acceptors (Lipinski definition) is 2. The SMILES string of the molecule is C=C(C)N(C)C(=O)C(Cl)C(C)=O. The summed E-state index contributed by atoms with van der Waals surface area (Å²) in [5.74, 6) is -0.786. The van der Waals surface area contributed by atoms with Gasteiger partial charge in [0.25, 0.3) is 5.91 Å². The van der Waals surface area contributed by atoms with Crippen LogP contribution in [0.3, 0.4) is 0 Å². The highest BCUT2D eigenvalue weighted by Crippen LogP contribution is 2.06. The highest BCUT2D eigenvalue weighted by Gasteiger charge is 2.23. The summed E-state index contributed by atoms with van der Waals surface area (Å²) in [6.45, 7) is 6.50. The van der Waals surface area contributed by atoms with E-state index in [-0.39, 0.29) is 5.78 Å². The van der Waals surface area contributed by atoms with Crippen molar-refractivity contribution in [1.29, 1.82) is 0 Å². The molecule has 0 radical (unpaired) electrons. The predicted octanol–water partition coefficient (Wildman–Crippen LogP) is 1.17. The molecule has 0 saturated heterocycles. The molecular formula is C8H12ClNO2. The Morgan fingerprint density at radius 3 is 2.08 bits per heavy atom. The van der Waals surface area contributed by atoms with Crippen molar-refractivity contribution >= 4 is 23.3 Å². The number of nitrogens with zero attached hydrogens (tertiary/aromatic N) is 1. The summed E-state index contributed by atoms with van der Waals surface area (Å²) in [6, 6.07) is 0. The third-order valence-corrected chi connectivity index (χ3v) is 1.97. The molecule has 0 aliphatic carbocycles. The van der Waals surface area contributed by atoms with Crippen LogP contribution >= 0.6 is 11.6 Å². The van der Waals surface area contributed by atoms with Crippen LogP contribution in [0.25, 0.3) is 0 Å². The van der Waals surface area contributed by atoms with Crippen molar-refractivity contribution in [3.63, 3.8) is 0 Å². The molecule has 0 aliphatic heterocycles. The van der Waals surface area contributed by atoms with Gasteiger partial charge in [0.15, 0.2) is 11.2 Å². The van der Waals surface area contributed by atoms with E-state index in [1.807, 2.05) is 0 Å². The smallest absolute Gasteiger partial charge is 0.252 e. The number of amides is 1. The van der Waals surface area contributed by atoms with Gasteiger partial charge < -0.3 is 4.90 Å². The third-order valence-electron chi connectivity index (χ3n) is 1.48. The maximum Gasteiger partial charge on any atom is 0.252 e. The molecule has 0 heterocycles. The van der Waals surface area contributed by atoms with E-state index in [4.69, 9.17) is 11.6 Å². The molecule has 0 bridgehead atoms. The molecule has 0 aromatic rings. The second kappa shape index (κ2) is 4.26. The van der Waals surface area contributed by atoms with E-state index in [9.17, 15) is 9.59 Å². The number of carbonyl (C=O) groups is 2. The Hall–Kier alpha value is -0.830. The van der Waals surface area contributed by atoms with Gasteiger partial charge in [-0.15, -0.1) is 11.6 Å². The Balaban J connectivity index is 4.39. The Kier molecular flexibility index (Phi) is 3.96. The summed E-state index contributed by atoms with van der Waals surface area (Å²) in [4.78, 5) is 23.2. The number of Topliss-reactive ketones (excluding diaryl/α,β-unsaturated/α-hetero) is 1. The molecule has 0 N–H and O–H groups in total. The van der Waals surface area contributed by atoms with Crippen molar-refractivity contribution < 1.29 is 9.59 Å². The highest BCUT2D eigenvalue weighted by atomic mass is 35.5. The summed E-state index contributed by atoms with van der Waals surface area (Å²) < 4.78 is 0. The molecule has 0 saturated carbocycles. The van der Waals surface area contributed by atoms with Crippen LogP contribution in [-0.4, -0.2) is 29.0 Å². The topological polar surface area (TPSA) is 37.4 Å². The van der Waals surface area contributed by atoms with Crippen LogP contribution in [0.2, 0.25) is 0 Å². The minimum Gasteiger partial charge on any atom is -0.318 e. The first-order valence-electron chi connectivity index (χ1n) is 3.45. The second-order valence-corrected chi connectivity index (χ2v) is 3.04. The molecule has 0 rings (SSSR count). The molecule has 0 aromatic heterocycles. The van der Waals surface area contributed by atoms with Crippen LogP contribution in [-0.2, 0) is 9.59 Å². The number of alkyl halides is 1. The molecule has 0 aromatic carbocycles. The molecule has 0 aliphatic rings. The Morgan fingerprint density at radius 2 is 1.83 bits per heavy atom. The van der Waals surface area contributed by atoms with Crippen molar-refractivity contribution in [3.8, 4) is 0 Å². The largest absolute Gasteiger partial charge is 0.318 e. The van der Waals surface area contributed by atoms with E-state index < -0.39 is 11.3 Å². The van der Waals surface area contributed by atoms with E-state index in [1.165, 1.54) is 18.9 Å². The lowest BCUT2D eigenvalue weighted by molar-refractivity contribution is -0.131. The van der Waals surface area contributed by atoms with Crippen LogP contribution in [0.1, 0.15) is 13.8 Å². The Labute approximate surface area is 77.0 Å². The van der Waals surface area contributed by atoms with Crippen LogP contribution in [0.5, 0.6) is 0 Å². The van der Waals surface area contributed by atoms with Crippen molar-refractivity contribution in [1.82, 2.24) is 4.90 Å². The summed E-state index contributed by atoms with van der Waals surface area (Å²) in [6.07, 6.45) is 0. The van der Waals surface area contributed by atoms with E-state index in [0.717, 1.165) is 0 Å². The summed E-state index contributed by atoms with van der Waals surface area (Å²) >= 11 is 5.52. The van der Waals surface area contributed by atoms with Gasteiger partial charge in [0, 0.05) is 12.7 Å². The molecule has 0 fully saturated rings. The standard InChI is InChI=1S/C8H12ClNO2/c1-5(2)10(4)8(12)7(9)6(3)11/h7H,1H2,2-4H3. The molecule has 0 spiro atoms. The Bertz CT molecular complexity index is 203. The lowest BCUT2D eigenvalue weighted by atomic mass is 10.2. The summed E-state index contributed by atoms with van der Waals surface area (Å²) in [5, 5.41) is -1.09. The zero-order valence-electron chi connectivity index (χ0n) is 7.43.